The van der Waals surface area contributed by atoms with Gasteiger partial charge in [-0.05, 0) is 119 Å². The van der Waals surface area contributed by atoms with Crippen molar-refractivity contribution in [1.82, 2.24) is 4.98 Å². The van der Waals surface area contributed by atoms with Crippen molar-refractivity contribution in [2.24, 2.45) is 0 Å². The molecular weight excluding hydrogens is 778 g/mol. The van der Waals surface area contributed by atoms with Gasteiger partial charge in [-0.25, -0.2) is 0 Å². The van der Waals surface area contributed by atoms with Crippen molar-refractivity contribution in [3.63, 3.8) is 0 Å². The summed E-state index contributed by atoms with van der Waals surface area (Å²) in [7, 11) is 0. The van der Waals surface area contributed by atoms with E-state index in [1.54, 1.807) is 22.7 Å². The minimum absolute atomic E-state index is 0.908. The lowest BCUT2D eigenvalue weighted by Gasteiger charge is -2.02. The van der Waals surface area contributed by atoms with Crippen LogP contribution in [-0.4, -0.2) is 4.98 Å². The highest BCUT2D eigenvalue weighted by Crippen LogP contribution is 2.35. The fourth-order valence-corrected chi connectivity index (χ4v) is 9.05. The van der Waals surface area contributed by atoms with Crippen LogP contribution in [0.25, 0.3) is 52.8 Å². The molecule has 0 spiro atoms. The SMILES string of the molecule is Cc1cc2ccccc2cc1C.Cc1ccc2c(Cl)c(C)sc2c1.Cc1ccc2ccccc2n1.Cc1oc2ccccc2c1C.Cc1sc2ccccc2c1Cl. The molecule has 288 valence electrons. The number of furan rings is 1. The molecule has 0 N–H and O–H groups in total. The minimum atomic E-state index is 0.908. The number of hydrogen-bond donors (Lipinski definition) is 0. The van der Waals surface area contributed by atoms with Crippen LogP contribution in [0.2, 0.25) is 10.0 Å². The van der Waals surface area contributed by atoms with Crippen LogP contribution < -0.4 is 0 Å². The number of fused-ring (bicyclic) bond motifs is 5. The van der Waals surface area contributed by atoms with Gasteiger partial charge in [-0.2, -0.15) is 0 Å². The third kappa shape index (κ3) is 10.3. The second-order valence-electron chi connectivity index (χ2n) is 14.1. The Morgan fingerprint density at radius 3 is 1.63 bits per heavy atom. The van der Waals surface area contributed by atoms with Gasteiger partial charge in [-0.15, -0.1) is 22.7 Å². The Morgan fingerprint density at radius 1 is 0.474 bits per heavy atom. The highest BCUT2D eigenvalue weighted by Gasteiger charge is 2.06. The first-order valence-electron chi connectivity index (χ1n) is 18.9. The third-order valence-electron chi connectivity index (χ3n) is 9.82. The van der Waals surface area contributed by atoms with E-state index in [2.05, 4.69) is 125 Å². The summed E-state index contributed by atoms with van der Waals surface area (Å²) in [5.74, 6) is 1.02. The van der Waals surface area contributed by atoms with Gasteiger partial charge in [0.25, 0.3) is 0 Å². The van der Waals surface area contributed by atoms with Crippen LogP contribution in [0.1, 0.15) is 43.5 Å². The van der Waals surface area contributed by atoms with Gasteiger partial charge in [0.2, 0.25) is 0 Å². The molecule has 4 aromatic heterocycles. The topological polar surface area (TPSA) is 26.0 Å². The van der Waals surface area contributed by atoms with Crippen LogP contribution in [0, 0.1) is 55.4 Å². The highest BCUT2D eigenvalue weighted by atomic mass is 35.5. The van der Waals surface area contributed by atoms with Crippen molar-refractivity contribution in [3.05, 3.63) is 193 Å². The average Bonchev–Trinajstić information content (AvgIpc) is 3.79. The maximum Gasteiger partial charge on any atom is 0.134 e. The molecule has 0 radical (unpaired) electrons. The van der Waals surface area contributed by atoms with Crippen LogP contribution in [0.15, 0.2) is 144 Å². The number of pyridine rings is 1. The van der Waals surface area contributed by atoms with Gasteiger partial charge in [0, 0.05) is 46.4 Å². The zero-order chi connectivity index (χ0) is 40.6. The van der Waals surface area contributed by atoms with Crippen LogP contribution in [0.5, 0.6) is 0 Å². The summed E-state index contributed by atoms with van der Waals surface area (Å²) < 4.78 is 8.06. The molecule has 57 heavy (non-hydrogen) atoms. The van der Waals surface area contributed by atoms with Gasteiger partial charge in [0.15, 0.2) is 0 Å². The number of thiophene rings is 2. The summed E-state index contributed by atoms with van der Waals surface area (Å²) in [4.78, 5) is 6.78. The number of rotatable bonds is 0. The Kier molecular flexibility index (Phi) is 13.9. The summed E-state index contributed by atoms with van der Waals surface area (Å²) >= 11 is 15.7. The molecule has 0 bridgehead atoms. The Labute approximate surface area is 354 Å². The standard InChI is InChI=1S/C12H12.C10H9ClS.C10H9N.C10H10O.C9H7ClS/c1-9-7-11-5-3-4-6-12(11)8-10(9)2;1-6-3-4-8-9(5-6)12-7(2)10(8)11;1-8-6-7-9-4-2-3-5-10(9)11-8;1-7-8(2)11-10-6-4-3-5-9(7)10;1-6-9(10)7-4-2-3-5-8(7)11-6/h3-8H,1-2H3;3-5H,1-2H3;2-7H,1H3;3-6H,1-2H3;2-5H,1H3. The number of para-hydroxylation sites is 2. The Morgan fingerprint density at radius 2 is 1.00 bits per heavy atom. The first-order valence-corrected chi connectivity index (χ1v) is 21.3. The largest absolute Gasteiger partial charge is 0.461 e. The van der Waals surface area contributed by atoms with Crippen LogP contribution in [-0.2, 0) is 0 Å². The zero-order valence-corrected chi connectivity index (χ0v) is 36.9. The Hall–Kier alpha value is -4.97. The highest BCUT2D eigenvalue weighted by molar-refractivity contribution is 7.20. The van der Waals surface area contributed by atoms with E-state index >= 15 is 0 Å². The molecule has 0 unspecified atom stereocenters. The van der Waals surface area contributed by atoms with Crippen molar-refractivity contribution < 1.29 is 4.42 Å². The summed E-state index contributed by atoms with van der Waals surface area (Å²) in [5.41, 5.74) is 8.42. The number of nitrogens with zero attached hydrogens (tertiary/aromatic N) is 1. The van der Waals surface area contributed by atoms with Crippen molar-refractivity contribution in [2.75, 3.05) is 0 Å². The Bertz CT molecular complexity index is 2820. The molecule has 0 saturated carbocycles. The predicted octanol–water partition coefficient (Wildman–Crippen LogP) is 17.1. The molecule has 4 heterocycles. The first-order chi connectivity index (χ1) is 27.4. The van der Waals surface area contributed by atoms with Gasteiger partial charge in [-0.1, -0.05) is 132 Å². The lowest BCUT2D eigenvalue weighted by Crippen LogP contribution is -1.80. The first kappa shape index (κ1) is 41.7. The third-order valence-corrected chi connectivity index (χ3v) is 13.2. The molecule has 0 aliphatic carbocycles. The summed E-state index contributed by atoms with van der Waals surface area (Å²) in [6.45, 7) is 16.6. The number of aromatic nitrogens is 1. The molecule has 6 heteroatoms. The van der Waals surface area contributed by atoms with Crippen molar-refractivity contribution in [1.29, 1.82) is 0 Å². The molecule has 0 aliphatic rings. The number of benzene rings is 6. The van der Waals surface area contributed by atoms with E-state index in [-0.39, 0.29) is 0 Å². The molecule has 0 aliphatic heterocycles. The second kappa shape index (κ2) is 19.0. The monoisotopic (exact) mass is 823 g/mol. The van der Waals surface area contributed by atoms with E-state index in [1.807, 2.05) is 75.4 Å². The van der Waals surface area contributed by atoms with Crippen LogP contribution in [0.3, 0.4) is 0 Å². The number of aryl methyl sites for hydroxylation is 8. The molecule has 0 fully saturated rings. The quantitative estimate of drug-likeness (QED) is 0.152. The van der Waals surface area contributed by atoms with Gasteiger partial charge < -0.3 is 4.42 Å². The van der Waals surface area contributed by atoms with Crippen molar-refractivity contribution in [2.45, 2.75) is 55.4 Å². The van der Waals surface area contributed by atoms with E-state index in [9.17, 15) is 0 Å². The van der Waals surface area contributed by atoms with Crippen LogP contribution >= 0.6 is 45.9 Å². The lowest BCUT2D eigenvalue weighted by atomic mass is 10.0. The van der Waals surface area contributed by atoms with E-state index in [0.29, 0.717) is 0 Å². The number of hydrogen-bond acceptors (Lipinski definition) is 4. The van der Waals surface area contributed by atoms with Gasteiger partial charge >= 0.3 is 0 Å². The van der Waals surface area contributed by atoms with Gasteiger partial charge in [0.1, 0.15) is 11.3 Å². The maximum absolute atomic E-state index is 6.10. The fraction of sp³-hybridized carbons (Fsp3) is 0.157. The molecule has 10 aromatic rings. The van der Waals surface area contributed by atoms with E-state index in [1.165, 1.54) is 73.7 Å². The second-order valence-corrected chi connectivity index (χ2v) is 17.4. The molecular formula is C51H47Cl2NOS2. The Balaban J connectivity index is 0.000000120. The average molecular weight is 825 g/mol. The predicted molar refractivity (Wildman–Crippen MR) is 253 cm³/mol. The molecule has 10 rings (SSSR count). The van der Waals surface area contributed by atoms with E-state index < -0.39 is 0 Å². The minimum Gasteiger partial charge on any atom is -0.461 e. The molecule has 0 saturated heterocycles. The van der Waals surface area contributed by atoms with Crippen molar-refractivity contribution >= 4 is 98.7 Å². The molecule has 0 atom stereocenters. The van der Waals surface area contributed by atoms with Crippen molar-refractivity contribution in [3.8, 4) is 0 Å². The smallest absolute Gasteiger partial charge is 0.134 e. The molecule has 0 amide bonds. The van der Waals surface area contributed by atoms with Crippen LogP contribution in [0.4, 0.5) is 0 Å². The summed E-state index contributed by atoms with van der Waals surface area (Å²) in [5, 5.41) is 9.28. The normalized spacial score (nSPS) is 10.6. The number of halogens is 2. The summed E-state index contributed by atoms with van der Waals surface area (Å²) in [6.07, 6.45) is 0. The summed E-state index contributed by atoms with van der Waals surface area (Å²) in [6, 6.07) is 47.9. The van der Waals surface area contributed by atoms with Gasteiger partial charge in [0.05, 0.1) is 15.6 Å². The lowest BCUT2D eigenvalue weighted by molar-refractivity contribution is 0.575. The molecule has 2 nitrogen and oxygen atoms in total. The fourth-order valence-electron chi connectivity index (χ4n) is 6.36. The van der Waals surface area contributed by atoms with E-state index in [4.69, 9.17) is 27.6 Å². The van der Waals surface area contributed by atoms with E-state index in [0.717, 1.165) is 32.6 Å². The zero-order valence-electron chi connectivity index (χ0n) is 33.7. The maximum atomic E-state index is 6.10. The molecule has 6 aromatic carbocycles. The van der Waals surface area contributed by atoms with Gasteiger partial charge in [-0.3, -0.25) is 4.98 Å².